The lowest BCUT2D eigenvalue weighted by Gasteiger charge is -2.16. The quantitative estimate of drug-likeness (QED) is 0.618. The van der Waals surface area contributed by atoms with Gasteiger partial charge in [0, 0.05) is 17.9 Å². The fourth-order valence-corrected chi connectivity index (χ4v) is 3.20. The van der Waals surface area contributed by atoms with Gasteiger partial charge < -0.3 is 15.7 Å². The Morgan fingerprint density at radius 3 is 2.58 bits per heavy atom. The fraction of sp³-hybridized carbons (Fsp3) is 0.211. The summed E-state index contributed by atoms with van der Waals surface area (Å²) in [6, 6.07) is 17.5. The van der Waals surface area contributed by atoms with Crippen molar-refractivity contribution >= 4 is 23.6 Å². The maximum Gasteiger partial charge on any atom is 0.251 e. The summed E-state index contributed by atoms with van der Waals surface area (Å²) < 4.78 is 0. The van der Waals surface area contributed by atoms with Gasteiger partial charge in [-0.3, -0.25) is 9.59 Å². The number of amides is 2. The minimum Gasteiger partial charge on any atom is -0.508 e. The molecule has 3 N–H and O–H groups in total. The molecule has 0 radical (unpaired) electrons. The molecule has 0 spiro atoms. The number of thioether (sulfide) groups is 1. The summed E-state index contributed by atoms with van der Waals surface area (Å²) in [6.45, 7) is 0.0327. The first-order valence-corrected chi connectivity index (χ1v) is 9.02. The highest BCUT2D eigenvalue weighted by molar-refractivity contribution is 7.99. The predicted molar refractivity (Wildman–Crippen MR) is 101 cm³/mol. The van der Waals surface area contributed by atoms with Crippen LogP contribution in [0.5, 0.6) is 5.75 Å². The summed E-state index contributed by atoms with van der Waals surface area (Å²) >= 11 is 1.39. The van der Waals surface area contributed by atoms with Crippen LogP contribution in [-0.2, 0) is 10.5 Å². The van der Waals surface area contributed by atoms with Gasteiger partial charge in [-0.25, -0.2) is 0 Å². The van der Waals surface area contributed by atoms with Gasteiger partial charge in [0.05, 0.1) is 6.07 Å². The maximum absolute atomic E-state index is 12.3. The third kappa shape index (κ3) is 6.15. The lowest BCUT2D eigenvalue weighted by Crippen LogP contribution is -2.41. The molecular weight excluding hydrogens is 350 g/mol. The maximum atomic E-state index is 12.3. The van der Waals surface area contributed by atoms with Gasteiger partial charge in [-0.05, 0) is 23.8 Å². The standard InChI is InChI=1S/C19H19N3O3S/c20-9-10-21-19(25)17(26-13-14-5-2-1-3-6-14)12-22-18(24)15-7-4-8-16(23)11-15/h1-8,11,17,23H,10,12-13H2,(H,21,25)(H,22,24). The average Bonchev–Trinajstić information content (AvgIpc) is 2.66. The molecule has 0 aromatic heterocycles. The van der Waals surface area contributed by atoms with Crippen LogP contribution in [0.3, 0.4) is 0 Å². The van der Waals surface area contributed by atoms with Gasteiger partial charge in [0.25, 0.3) is 5.91 Å². The van der Waals surface area contributed by atoms with E-state index in [9.17, 15) is 14.7 Å². The molecule has 0 saturated heterocycles. The van der Waals surface area contributed by atoms with E-state index in [1.54, 1.807) is 12.1 Å². The van der Waals surface area contributed by atoms with E-state index >= 15 is 0 Å². The van der Waals surface area contributed by atoms with Crippen LogP contribution in [0, 0.1) is 11.3 Å². The molecule has 0 aliphatic carbocycles. The van der Waals surface area contributed by atoms with Gasteiger partial charge in [-0.15, -0.1) is 11.8 Å². The third-order valence-electron chi connectivity index (χ3n) is 3.48. The average molecular weight is 369 g/mol. The number of nitriles is 1. The second-order valence-corrected chi connectivity index (χ2v) is 6.61. The molecule has 0 aliphatic heterocycles. The number of hydrogen-bond donors (Lipinski definition) is 3. The fourth-order valence-electron chi connectivity index (χ4n) is 2.17. The lowest BCUT2D eigenvalue weighted by molar-refractivity contribution is -0.120. The number of carbonyl (C=O) groups excluding carboxylic acids is 2. The predicted octanol–water partition coefficient (Wildman–Crippen LogP) is 2.06. The molecule has 7 heteroatoms. The topological polar surface area (TPSA) is 102 Å². The molecule has 2 aromatic rings. The summed E-state index contributed by atoms with van der Waals surface area (Å²) in [7, 11) is 0. The van der Waals surface area contributed by atoms with E-state index in [2.05, 4.69) is 10.6 Å². The molecule has 0 heterocycles. The van der Waals surface area contributed by atoms with E-state index in [0.717, 1.165) is 5.56 Å². The number of nitrogens with zero attached hydrogens (tertiary/aromatic N) is 1. The van der Waals surface area contributed by atoms with Gasteiger partial charge >= 0.3 is 0 Å². The zero-order valence-corrected chi connectivity index (χ0v) is 14.8. The number of aromatic hydroxyl groups is 1. The van der Waals surface area contributed by atoms with Crippen molar-refractivity contribution in [2.75, 3.05) is 13.1 Å². The molecule has 1 atom stereocenters. The number of phenols is 1. The second-order valence-electron chi connectivity index (χ2n) is 5.42. The summed E-state index contributed by atoms with van der Waals surface area (Å²) in [4.78, 5) is 24.4. The van der Waals surface area contributed by atoms with Crippen LogP contribution in [0.15, 0.2) is 54.6 Å². The van der Waals surface area contributed by atoms with Crippen molar-refractivity contribution in [2.45, 2.75) is 11.0 Å². The van der Waals surface area contributed by atoms with Crippen molar-refractivity contribution in [3.8, 4) is 11.8 Å². The van der Waals surface area contributed by atoms with E-state index < -0.39 is 5.25 Å². The molecule has 2 amide bonds. The van der Waals surface area contributed by atoms with E-state index in [0.29, 0.717) is 11.3 Å². The third-order valence-corrected chi connectivity index (χ3v) is 4.77. The molecule has 6 nitrogen and oxygen atoms in total. The Kier molecular flexibility index (Phi) is 7.52. The van der Waals surface area contributed by atoms with Crippen LogP contribution in [0.25, 0.3) is 0 Å². The van der Waals surface area contributed by atoms with Crippen LogP contribution in [0.4, 0.5) is 0 Å². The van der Waals surface area contributed by atoms with Crippen molar-refractivity contribution in [1.82, 2.24) is 10.6 Å². The van der Waals surface area contributed by atoms with Crippen LogP contribution < -0.4 is 10.6 Å². The first-order valence-electron chi connectivity index (χ1n) is 7.97. The van der Waals surface area contributed by atoms with Crippen LogP contribution in [-0.4, -0.2) is 35.3 Å². The molecule has 26 heavy (non-hydrogen) atoms. The highest BCUT2D eigenvalue weighted by Gasteiger charge is 2.20. The molecule has 0 fully saturated rings. The number of nitrogens with one attached hydrogen (secondary N) is 2. The molecule has 0 bridgehead atoms. The number of rotatable bonds is 8. The molecule has 1 unspecified atom stereocenters. The molecule has 0 saturated carbocycles. The van der Waals surface area contributed by atoms with E-state index in [-0.39, 0.29) is 30.7 Å². The van der Waals surface area contributed by atoms with E-state index in [4.69, 9.17) is 5.26 Å². The lowest BCUT2D eigenvalue weighted by atomic mass is 10.2. The first kappa shape index (κ1) is 19.3. The normalized spacial score (nSPS) is 11.2. The monoisotopic (exact) mass is 369 g/mol. The number of carbonyl (C=O) groups is 2. The minimum atomic E-state index is -0.537. The van der Waals surface area contributed by atoms with Gasteiger partial charge in [0.1, 0.15) is 17.5 Å². The zero-order chi connectivity index (χ0) is 18.8. The summed E-state index contributed by atoms with van der Waals surface area (Å²) in [5.74, 6) is -0.0737. The molecule has 2 aromatic carbocycles. The van der Waals surface area contributed by atoms with Crippen LogP contribution in [0.1, 0.15) is 15.9 Å². The highest BCUT2D eigenvalue weighted by Crippen LogP contribution is 2.18. The summed E-state index contributed by atoms with van der Waals surface area (Å²) in [6.07, 6.45) is 0. The van der Waals surface area contributed by atoms with Crippen molar-refractivity contribution in [1.29, 1.82) is 5.26 Å². The second kappa shape index (κ2) is 10.1. The van der Waals surface area contributed by atoms with Crippen molar-refractivity contribution in [3.05, 3.63) is 65.7 Å². The number of hydrogen-bond acceptors (Lipinski definition) is 5. The molecule has 134 valence electrons. The first-order chi connectivity index (χ1) is 12.6. The molecular formula is C19H19N3O3S. The Bertz CT molecular complexity index is 790. The minimum absolute atomic E-state index is 0.000541. The van der Waals surface area contributed by atoms with E-state index in [1.807, 2.05) is 36.4 Å². The summed E-state index contributed by atoms with van der Waals surface area (Å²) in [5.41, 5.74) is 1.38. The number of phenolic OH excluding ortho intramolecular Hbond substituents is 1. The molecule has 2 rings (SSSR count). The smallest absolute Gasteiger partial charge is 0.251 e. The Morgan fingerprint density at radius 2 is 1.88 bits per heavy atom. The molecule has 0 aliphatic rings. The zero-order valence-electron chi connectivity index (χ0n) is 14.0. The van der Waals surface area contributed by atoms with Gasteiger partial charge in [0.15, 0.2) is 0 Å². The number of benzene rings is 2. The SMILES string of the molecule is N#CCNC(=O)C(CNC(=O)c1cccc(O)c1)SCc1ccccc1. The Balaban J connectivity index is 1.97. The van der Waals surface area contributed by atoms with Gasteiger partial charge in [-0.1, -0.05) is 36.4 Å². The van der Waals surface area contributed by atoms with Crippen LogP contribution >= 0.6 is 11.8 Å². The van der Waals surface area contributed by atoms with Crippen molar-refractivity contribution < 1.29 is 14.7 Å². The largest absolute Gasteiger partial charge is 0.508 e. The Hall–Kier alpha value is -2.98. The van der Waals surface area contributed by atoms with E-state index in [1.165, 1.54) is 23.9 Å². The van der Waals surface area contributed by atoms with Crippen LogP contribution in [0.2, 0.25) is 0 Å². The highest BCUT2D eigenvalue weighted by atomic mass is 32.2. The Labute approximate surface area is 156 Å². The van der Waals surface area contributed by atoms with Crippen molar-refractivity contribution in [2.24, 2.45) is 0 Å². The van der Waals surface area contributed by atoms with Gasteiger partial charge in [0.2, 0.25) is 5.91 Å². The van der Waals surface area contributed by atoms with Crippen molar-refractivity contribution in [3.63, 3.8) is 0 Å². The van der Waals surface area contributed by atoms with Gasteiger partial charge in [-0.2, -0.15) is 5.26 Å². The summed E-state index contributed by atoms with van der Waals surface area (Å²) in [5, 5.41) is 22.8. The Morgan fingerprint density at radius 1 is 1.12 bits per heavy atom.